The van der Waals surface area contributed by atoms with Crippen molar-refractivity contribution in [2.45, 2.75) is 32.5 Å². The van der Waals surface area contributed by atoms with Crippen LogP contribution in [-0.4, -0.2) is 47.7 Å². The fourth-order valence-corrected chi connectivity index (χ4v) is 2.23. The number of rotatable bonds is 3. The van der Waals surface area contributed by atoms with Gasteiger partial charge in [-0.05, 0) is 32.9 Å². The van der Waals surface area contributed by atoms with Crippen LogP contribution in [0, 0.1) is 4.91 Å². The molecule has 1 aliphatic heterocycles. The molecule has 1 heterocycles. The van der Waals surface area contributed by atoms with Crippen LogP contribution in [0.3, 0.4) is 0 Å². The predicted octanol–water partition coefficient (Wildman–Crippen LogP) is 3.25. The van der Waals surface area contributed by atoms with E-state index >= 15 is 0 Å². The van der Waals surface area contributed by atoms with E-state index in [9.17, 15) is 22.9 Å². The van der Waals surface area contributed by atoms with E-state index in [2.05, 4.69) is 5.32 Å². The second-order valence-corrected chi connectivity index (χ2v) is 6.75. The van der Waals surface area contributed by atoms with Crippen molar-refractivity contribution < 1.29 is 32.5 Å². The van der Waals surface area contributed by atoms with Gasteiger partial charge in [-0.3, -0.25) is 0 Å². The first-order valence-electron chi connectivity index (χ1n) is 8.02. The van der Waals surface area contributed by atoms with Crippen LogP contribution in [0.2, 0.25) is 0 Å². The number of benzene rings is 1. The third-order valence-electron chi connectivity index (χ3n) is 3.41. The molecule has 0 atom stereocenters. The Kier molecular flexibility index (Phi) is 5.74. The number of nitrogens with zero attached hydrogens (tertiary/aromatic N) is 2. The second-order valence-electron chi connectivity index (χ2n) is 6.75. The van der Waals surface area contributed by atoms with Gasteiger partial charge in [-0.1, -0.05) is 0 Å². The lowest BCUT2D eigenvalue weighted by Gasteiger charge is -2.26. The number of hydrogen-bond acceptors (Lipinski definition) is 5. The molecule has 0 radical (unpaired) electrons. The molecule has 2 rings (SSSR count). The van der Waals surface area contributed by atoms with Crippen molar-refractivity contribution in [3.05, 3.63) is 28.7 Å². The largest absolute Gasteiger partial charge is 0.416 e. The summed E-state index contributed by atoms with van der Waals surface area (Å²) < 4.78 is 44.1. The van der Waals surface area contributed by atoms with E-state index in [4.69, 9.17) is 9.57 Å². The van der Waals surface area contributed by atoms with E-state index in [-0.39, 0.29) is 10.7 Å². The molecule has 1 aromatic rings. The molecular weight excluding hydrogens is 355 g/mol. The maximum absolute atomic E-state index is 13.0. The number of carbonyl (C=O) groups is 1. The van der Waals surface area contributed by atoms with E-state index < -0.39 is 29.1 Å². The van der Waals surface area contributed by atoms with Gasteiger partial charge in [-0.2, -0.15) is 13.2 Å². The zero-order chi connectivity index (χ0) is 19.5. The van der Waals surface area contributed by atoms with Crippen LogP contribution in [-0.2, 0) is 11.0 Å². The molecule has 1 aromatic carbocycles. The predicted molar refractivity (Wildman–Crippen MR) is 86.0 cm³/mol. The summed E-state index contributed by atoms with van der Waals surface area (Å²) in [5.41, 5.74) is -2.53. The zero-order valence-corrected chi connectivity index (χ0v) is 14.7. The summed E-state index contributed by atoms with van der Waals surface area (Å²) in [6.07, 6.45) is -5.39. The summed E-state index contributed by atoms with van der Waals surface area (Å²) in [6, 6.07) is 2.28. The van der Waals surface area contributed by atoms with Crippen molar-refractivity contribution in [1.82, 2.24) is 10.2 Å². The van der Waals surface area contributed by atoms with Crippen molar-refractivity contribution in [1.29, 1.82) is 0 Å². The van der Waals surface area contributed by atoms with Gasteiger partial charge in [0.2, 0.25) is 5.75 Å². The van der Waals surface area contributed by atoms with E-state index in [0.29, 0.717) is 32.2 Å². The Hall–Kier alpha value is -2.36. The first kappa shape index (κ1) is 20.0. The minimum absolute atomic E-state index is 0.0599. The summed E-state index contributed by atoms with van der Waals surface area (Å²) in [5, 5.41) is 3.06. The summed E-state index contributed by atoms with van der Waals surface area (Å²) in [4.78, 5) is 30.8. The molecule has 0 bridgehead atoms. The van der Waals surface area contributed by atoms with Gasteiger partial charge in [-0.15, -0.1) is 0 Å². The quantitative estimate of drug-likeness (QED) is 0.820. The monoisotopic (exact) mass is 376 g/mol. The standard InChI is InChI=1S/C16H21F3N3O4/c1-15(2,3)26-22(24)12-10-11(16(17,18)19)4-5-13(12)25-14(23)21-8-6-20-7-9-21/h4-5,10,20H,6-9H2,1-3H3/q+1. The third-order valence-corrected chi connectivity index (χ3v) is 3.41. The van der Waals surface area contributed by atoms with Crippen LogP contribution in [0.5, 0.6) is 5.75 Å². The average Bonchev–Trinajstić information content (AvgIpc) is 2.53. The maximum atomic E-state index is 13.0. The lowest BCUT2D eigenvalue weighted by Crippen LogP contribution is -2.47. The molecule has 1 amide bonds. The van der Waals surface area contributed by atoms with E-state index in [1.165, 1.54) is 4.90 Å². The summed E-state index contributed by atoms with van der Waals surface area (Å²) in [5.74, 6) is -0.305. The van der Waals surface area contributed by atoms with Crippen molar-refractivity contribution >= 4 is 11.8 Å². The SMILES string of the molecule is CC(C)(C)O[N+](=O)c1cc(C(F)(F)F)ccc1OC(=O)N1CCNCC1. The van der Waals surface area contributed by atoms with Gasteiger partial charge in [0.15, 0.2) is 5.60 Å². The number of piperazine rings is 1. The molecule has 1 saturated heterocycles. The minimum atomic E-state index is -4.65. The van der Waals surface area contributed by atoms with Gasteiger partial charge in [0, 0.05) is 32.2 Å². The first-order chi connectivity index (χ1) is 12.0. The topological polar surface area (TPSA) is 70.9 Å². The van der Waals surface area contributed by atoms with Gasteiger partial charge in [0.05, 0.1) is 10.5 Å². The van der Waals surface area contributed by atoms with Gasteiger partial charge in [0.25, 0.3) is 4.92 Å². The van der Waals surface area contributed by atoms with Crippen LogP contribution in [0.4, 0.5) is 23.7 Å². The van der Waals surface area contributed by atoms with Gasteiger partial charge in [0.1, 0.15) is 0 Å². The molecule has 0 saturated carbocycles. The number of hydrogen-bond donors (Lipinski definition) is 1. The molecule has 26 heavy (non-hydrogen) atoms. The molecule has 0 aliphatic carbocycles. The summed E-state index contributed by atoms with van der Waals surface area (Å²) >= 11 is 0. The second kappa shape index (κ2) is 7.48. The maximum Gasteiger partial charge on any atom is 0.416 e. The Morgan fingerprint density at radius 3 is 2.35 bits per heavy atom. The Labute approximate surface area is 148 Å². The molecule has 1 aliphatic rings. The zero-order valence-electron chi connectivity index (χ0n) is 14.7. The fraction of sp³-hybridized carbons (Fsp3) is 0.562. The van der Waals surface area contributed by atoms with Crippen LogP contribution in [0.1, 0.15) is 26.3 Å². The van der Waals surface area contributed by atoms with Gasteiger partial charge < -0.3 is 15.0 Å². The number of nitrogens with one attached hydrogen (secondary N) is 1. The summed E-state index contributed by atoms with van der Waals surface area (Å²) in [7, 11) is 0. The Morgan fingerprint density at radius 2 is 1.81 bits per heavy atom. The normalized spacial score (nSPS) is 15.5. The Bertz CT molecular complexity index is 680. The number of carbonyl (C=O) groups excluding carboxylic acids is 1. The molecule has 0 unspecified atom stereocenters. The number of ether oxygens (including phenoxy) is 1. The number of amides is 1. The van der Waals surface area contributed by atoms with E-state index in [1.54, 1.807) is 20.8 Å². The van der Waals surface area contributed by atoms with Crippen molar-refractivity contribution in [3.63, 3.8) is 0 Å². The molecular formula is C16H21F3N3O4+. The lowest BCUT2D eigenvalue weighted by atomic mass is 10.2. The Morgan fingerprint density at radius 1 is 1.19 bits per heavy atom. The number of halogens is 3. The van der Waals surface area contributed by atoms with Crippen LogP contribution in [0.25, 0.3) is 0 Å². The van der Waals surface area contributed by atoms with Gasteiger partial charge >= 0.3 is 18.0 Å². The molecule has 0 spiro atoms. The van der Waals surface area contributed by atoms with Crippen molar-refractivity contribution in [3.8, 4) is 5.75 Å². The molecule has 7 nitrogen and oxygen atoms in total. The summed E-state index contributed by atoms with van der Waals surface area (Å²) in [6.45, 7) is 6.65. The average molecular weight is 376 g/mol. The Balaban J connectivity index is 2.31. The van der Waals surface area contributed by atoms with E-state index in [1.807, 2.05) is 0 Å². The van der Waals surface area contributed by atoms with Crippen LogP contribution in [0.15, 0.2) is 18.2 Å². The molecule has 1 N–H and O–H groups in total. The molecule has 144 valence electrons. The van der Waals surface area contributed by atoms with Crippen molar-refractivity contribution in [2.24, 2.45) is 0 Å². The highest BCUT2D eigenvalue weighted by Crippen LogP contribution is 2.37. The first-order valence-corrected chi connectivity index (χ1v) is 8.02. The smallest absolute Gasteiger partial charge is 0.403 e. The fourth-order valence-electron chi connectivity index (χ4n) is 2.23. The molecule has 10 heteroatoms. The molecule has 1 fully saturated rings. The lowest BCUT2D eigenvalue weighted by molar-refractivity contribution is -0.766. The van der Waals surface area contributed by atoms with Crippen LogP contribution >= 0.6 is 0 Å². The van der Waals surface area contributed by atoms with Crippen molar-refractivity contribution in [2.75, 3.05) is 26.2 Å². The number of alkyl halides is 3. The highest BCUT2D eigenvalue weighted by Gasteiger charge is 2.37. The highest BCUT2D eigenvalue weighted by atomic mass is 19.4. The van der Waals surface area contributed by atoms with Gasteiger partial charge in [-0.25, -0.2) is 9.63 Å². The molecule has 0 aromatic heterocycles. The minimum Gasteiger partial charge on any atom is -0.403 e. The highest BCUT2D eigenvalue weighted by molar-refractivity contribution is 5.72. The third kappa shape index (κ3) is 5.32. The van der Waals surface area contributed by atoms with E-state index in [0.717, 1.165) is 12.1 Å². The van der Waals surface area contributed by atoms with Crippen LogP contribution < -0.4 is 10.1 Å².